The second kappa shape index (κ2) is 8.69. The van der Waals surface area contributed by atoms with Crippen LogP contribution in [0.15, 0.2) is 12.2 Å². The minimum Gasteiger partial charge on any atom is -0.377 e. The lowest BCUT2D eigenvalue weighted by atomic mass is 10.0. The Morgan fingerprint density at radius 1 is 1.00 bits per heavy atom. The first kappa shape index (κ1) is 15.0. The van der Waals surface area contributed by atoms with Crippen LogP contribution in [0.4, 0.5) is 0 Å². The van der Waals surface area contributed by atoms with Crippen molar-refractivity contribution in [2.45, 2.75) is 38.4 Å². The molecule has 0 amide bonds. The largest absolute Gasteiger partial charge is 0.377 e. The predicted octanol–water partition coefficient (Wildman–Crippen LogP) is 1.33. The highest BCUT2D eigenvalue weighted by Crippen LogP contribution is 2.18. The first-order chi connectivity index (χ1) is 9.36. The van der Waals surface area contributed by atoms with Crippen molar-refractivity contribution >= 4 is 0 Å². The quantitative estimate of drug-likeness (QED) is 0.515. The van der Waals surface area contributed by atoms with E-state index in [-0.39, 0.29) is 0 Å². The van der Waals surface area contributed by atoms with Gasteiger partial charge in [-0.3, -0.25) is 0 Å². The fraction of sp³-hybridized carbons (Fsp3) is 0.867. The van der Waals surface area contributed by atoms with Gasteiger partial charge in [0.15, 0.2) is 0 Å². The van der Waals surface area contributed by atoms with Crippen LogP contribution in [0.2, 0.25) is 0 Å². The maximum atomic E-state index is 5.65. The van der Waals surface area contributed by atoms with Gasteiger partial charge in [-0.25, -0.2) is 0 Å². The number of hydrogen-bond donors (Lipinski definition) is 2. The van der Waals surface area contributed by atoms with Crippen LogP contribution in [0.25, 0.3) is 0 Å². The van der Waals surface area contributed by atoms with Gasteiger partial charge in [0.05, 0.1) is 12.2 Å². The van der Waals surface area contributed by atoms with E-state index < -0.39 is 0 Å². The Bertz CT molecular complexity index is 265. The van der Waals surface area contributed by atoms with E-state index in [0.29, 0.717) is 18.1 Å². The van der Waals surface area contributed by atoms with Crippen LogP contribution >= 0.6 is 0 Å². The summed E-state index contributed by atoms with van der Waals surface area (Å²) in [5.41, 5.74) is 0. The molecule has 2 heterocycles. The van der Waals surface area contributed by atoms with E-state index >= 15 is 0 Å². The molecule has 0 aromatic carbocycles. The van der Waals surface area contributed by atoms with E-state index in [1.165, 1.54) is 19.3 Å². The summed E-state index contributed by atoms with van der Waals surface area (Å²) in [4.78, 5) is 0. The normalized spacial score (nSPS) is 31.5. The van der Waals surface area contributed by atoms with E-state index in [1.54, 1.807) is 0 Å². The van der Waals surface area contributed by atoms with E-state index in [9.17, 15) is 0 Å². The third-order valence-corrected chi connectivity index (χ3v) is 3.97. The number of hydrogen-bond acceptors (Lipinski definition) is 4. The minimum atomic E-state index is 0.408. The molecule has 0 bridgehead atoms. The van der Waals surface area contributed by atoms with E-state index in [2.05, 4.69) is 29.7 Å². The minimum absolute atomic E-state index is 0.408. The van der Waals surface area contributed by atoms with Crippen LogP contribution < -0.4 is 10.6 Å². The monoisotopic (exact) mass is 268 g/mol. The molecule has 2 rings (SSSR count). The maximum Gasteiger partial charge on any atom is 0.0725 e. The summed E-state index contributed by atoms with van der Waals surface area (Å²) < 4.78 is 11.2. The molecule has 0 aliphatic carbocycles. The van der Waals surface area contributed by atoms with Crippen LogP contribution in [-0.2, 0) is 9.47 Å². The molecule has 2 saturated heterocycles. The Balaban J connectivity index is 1.41. The summed E-state index contributed by atoms with van der Waals surface area (Å²) in [5.74, 6) is 0.699. The summed E-state index contributed by atoms with van der Waals surface area (Å²) in [6.45, 7) is 7.93. The number of ether oxygens (including phenoxy) is 2. The van der Waals surface area contributed by atoms with Gasteiger partial charge in [-0.2, -0.15) is 0 Å². The van der Waals surface area contributed by atoms with Gasteiger partial charge in [0, 0.05) is 39.4 Å². The Morgan fingerprint density at radius 3 is 2.42 bits per heavy atom. The fourth-order valence-corrected chi connectivity index (χ4v) is 2.62. The van der Waals surface area contributed by atoms with Crippen molar-refractivity contribution in [3.63, 3.8) is 0 Å². The van der Waals surface area contributed by atoms with Gasteiger partial charge in [-0.15, -0.1) is 0 Å². The second-order valence-electron chi connectivity index (χ2n) is 5.60. The van der Waals surface area contributed by atoms with Crippen LogP contribution in [0, 0.1) is 5.92 Å². The lowest BCUT2D eigenvalue weighted by Gasteiger charge is -2.14. The van der Waals surface area contributed by atoms with E-state index in [1.807, 2.05) is 0 Å². The van der Waals surface area contributed by atoms with Gasteiger partial charge < -0.3 is 20.1 Å². The fourth-order valence-electron chi connectivity index (χ4n) is 2.62. The highest BCUT2D eigenvalue weighted by molar-refractivity contribution is 4.87. The highest BCUT2D eigenvalue weighted by atomic mass is 16.5. The van der Waals surface area contributed by atoms with Crippen LogP contribution in [0.3, 0.4) is 0 Å². The summed E-state index contributed by atoms with van der Waals surface area (Å²) in [7, 11) is 0. The van der Waals surface area contributed by atoms with Gasteiger partial charge in [0.2, 0.25) is 0 Å². The summed E-state index contributed by atoms with van der Waals surface area (Å²) in [6, 6.07) is 0. The SMILES string of the molecule is CC1CCOC1CNCC=CCNCC1CCCO1. The van der Waals surface area contributed by atoms with Gasteiger partial charge >= 0.3 is 0 Å². The van der Waals surface area contributed by atoms with Crippen molar-refractivity contribution in [2.75, 3.05) is 39.4 Å². The Hall–Kier alpha value is -0.420. The van der Waals surface area contributed by atoms with Gasteiger partial charge in [-0.1, -0.05) is 19.1 Å². The predicted molar refractivity (Wildman–Crippen MR) is 77.4 cm³/mol. The van der Waals surface area contributed by atoms with Gasteiger partial charge in [-0.05, 0) is 25.2 Å². The average Bonchev–Trinajstić information content (AvgIpc) is 3.05. The molecular weight excluding hydrogens is 240 g/mol. The molecule has 4 nitrogen and oxygen atoms in total. The molecule has 0 aromatic heterocycles. The lowest BCUT2D eigenvalue weighted by Crippen LogP contribution is -2.30. The van der Waals surface area contributed by atoms with Crippen molar-refractivity contribution in [1.29, 1.82) is 0 Å². The smallest absolute Gasteiger partial charge is 0.0725 e. The molecule has 2 aliphatic rings. The first-order valence-electron chi connectivity index (χ1n) is 7.66. The van der Waals surface area contributed by atoms with Crippen molar-refractivity contribution in [3.8, 4) is 0 Å². The van der Waals surface area contributed by atoms with Gasteiger partial charge in [0.1, 0.15) is 0 Å². The standard InChI is InChI=1S/C15H28N2O2/c1-13-6-10-19-15(13)12-17-8-3-2-7-16-11-14-5-4-9-18-14/h2-3,13-17H,4-12H2,1H3. The molecule has 0 spiro atoms. The maximum absolute atomic E-state index is 5.65. The molecule has 2 aliphatic heterocycles. The molecular formula is C15H28N2O2. The zero-order chi connectivity index (χ0) is 13.3. The Morgan fingerprint density at radius 2 is 1.79 bits per heavy atom. The number of nitrogens with one attached hydrogen (secondary N) is 2. The van der Waals surface area contributed by atoms with Crippen molar-refractivity contribution in [2.24, 2.45) is 5.92 Å². The summed E-state index contributed by atoms with van der Waals surface area (Å²) >= 11 is 0. The summed E-state index contributed by atoms with van der Waals surface area (Å²) in [5, 5.41) is 6.83. The van der Waals surface area contributed by atoms with Gasteiger partial charge in [0.25, 0.3) is 0 Å². The van der Waals surface area contributed by atoms with E-state index in [4.69, 9.17) is 9.47 Å². The molecule has 0 saturated carbocycles. The molecule has 0 radical (unpaired) electrons. The molecule has 4 heteroatoms. The zero-order valence-electron chi connectivity index (χ0n) is 12.1. The molecule has 19 heavy (non-hydrogen) atoms. The average molecular weight is 268 g/mol. The first-order valence-corrected chi connectivity index (χ1v) is 7.66. The van der Waals surface area contributed by atoms with Crippen LogP contribution in [0.5, 0.6) is 0 Å². The molecule has 2 fully saturated rings. The second-order valence-corrected chi connectivity index (χ2v) is 5.60. The van der Waals surface area contributed by atoms with Crippen molar-refractivity contribution < 1.29 is 9.47 Å². The topological polar surface area (TPSA) is 42.5 Å². The van der Waals surface area contributed by atoms with Crippen molar-refractivity contribution in [1.82, 2.24) is 10.6 Å². The molecule has 110 valence electrons. The van der Waals surface area contributed by atoms with E-state index in [0.717, 1.165) is 39.4 Å². The molecule has 3 atom stereocenters. The Kier molecular flexibility index (Phi) is 6.85. The molecule has 2 N–H and O–H groups in total. The molecule has 3 unspecified atom stereocenters. The third kappa shape index (κ3) is 5.61. The van der Waals surface area contributed by atoms with Crippen molar-refractivity contribution in [3.05, 3.63) is 12.2 Å². The molecule has 0 aromatic rings. The summed E-state index contributed by atoms with van der Waals surface area (Å²) in [6.07, 6.45) is 8.84. The lowest BCUT2D eigenvalue weighted by molar-refractivity contribution is 0.0943. The van der Waals surface area contributed by atoms with Crippen LogP contribution in [-0.4, -0.2) is 51.6 Å². The third-order valence-electron chi connectivity index (χ3n) is 3.97. The highest BCUT2D eigenvalue weighted by Gasteiger charge is 2.23. The van der Waals surface area contributed by atoms with Crippen LogP contribution in [0.1, 0.15) is 26.2 Å². The zero-order valence-corrected chi connectivity index (χ0v) is 12.1. The Labute approximate surface area is 116 Å². The number of rotatable bonds is 8.